The molecule has 1 aromatic rings. The predicted molar refractivity (Wildman–Crippen MR) is 87.1 cm³/mol. The van der Waals surface area contributed by atoms with Crippen molar-refractivity contribution in [2.45, 2.75) is 59.0 Å². The van der Waals surface area contributed by atoms with Crippen molar-refractivity contribution >= 4 is 11.6 Å². The molecule has 118 valence electrons. The van der Waals surface area contributed by atoms with Crippen molar-refractivity contribution in [2.24, 2.45) is 0 Å². The van der Waals surface area contributed by atoms with E-state index in [2.05, 4.69) is 42.9 Å². The molecule has 21 heavy (non-hydrogen) atoms. The van der Waals surface area contributed by atoms with Crippen LogP contribution in [0.3, 0.4) is 0 Å². The van der Waals surface area contributed by atoms with Gasteiger partial charge in [0.2, 0.25) is 0 Å². The number of anilines is 2. The van der Waals surface area contributed by atoms with E-state index in [1.54, 1.807) is 0 Å². The Balaban J connectivity index is 2.35. The third-order valence-corrected chi connectivity index (χ3v) is 3.89. The van der Waals surface area contributed by atoms with Crippen LogP contribution in [0.25, 0.3) is 0 Å². The third kappa shape index (κ3) is 3.84. The van der Waals surface area contributed by atoms with Crippen molar-refractivity contribution in [3.63, 3.8) is 0 Å². The van der Waals surface area contributed by atoms with Gasteiger partial charge in [0.25, 0.3) is 0 Å². The highest BCUT2D eigenvalue weighted by atomic mass is 16.3. The van der Waals surface area contributed by atoms with E-state index in [-0.39, 0.29) is 6.10 Å². The maximum absolute atomic E-state index is 9.92. The van der Waals surface area contributed by atoms with Crippen LogP contribution in [0.5, 0.6) is 0 Å². The number of rotatable bonds is 5. The summed E-state index contributed by atoms with van der Waals surface area (Å²) in [7, 11) is 0. The molecule has 1 saturated heterocycles. The maximum Gasteiger partial charge on any atom is 0.137 e. The van der Waals surface area contributed by atoms with Gasteiger partial charge in [0.15, 0.2) is 0 Å². The number of hydrogen-bond acceptors (Lipinski definition) is 5. The average Bonchev–Trinajstić information content (AvgIpc) is 2.46. The van der Waals surface area contributed by atoms with E-state index in [1.165, 1.54) is 0 Å². The molecule has 1 atom stereocenters. The largest absolute Gasteiger partial charge is 0.391 e. The van der Waals surface area contributed by atoms with Crippen molar-refractivity contribution in [2.75, 3.05) is 29.9 Å². The fraction of sp³-hybridized carbons (Fsp3) is 0.750. The van der Waals surface area contributed by atoms with Gasteiger partial charge in [-0.1, -0.05) is 20.8 Å². The van der Waals surface area contributed by atoms with Crippen molar-refractivity contribution in [3.8, 4) is 0 Å². The minimum absolute atomic E-state index is 0.248. The summed E-state index contributed by atoms with van der Waals surface area (Å²) in [6.45, 7) is 11.0. The van der Waals surface area contributed by atoms with Crippen molar-refractivity contribution in [1.82, 2.24) is 9.97 Å². The number of hydrogen-bond donors (Lipinski definition) is 2. The molecule has 1 aliphatic heterocycles. The number of nitrogens with one attached hydrogen (secondary N) is 1. The molecular weight excluding hydrogens is 264 g/mol. The lowest BCUT2D eigenvalue weighted by Gasteiger charge is -2.32. The molecule has 0 radical (unpaired) electrons. The van der Waals surface area contributed by atoms with Gasteiger partial charge < -0.3 is 15.3 Å². The van der Waals surface area contributed by atoms with Gasteiger partial charge in [0.05, 0.1) is 6.10 Å². The lowest BCUT2D eigenvalue weighted by atomic mass is 10.1. The Morgan fingerprint density at radius 1 is 1.38 bits per heavy atom. The molecule has 1 fully saturated rings. The molecule has 2 rings (SSSR count). The monoisotopic (exact) mass is 292 g/mol. The molecule has 0 aromatic carbocycles. The summed E-state index contributed by atoms with van der Waals surface area (Å²) in [5.74, 6) is 3.08. The normalized spacial score (nSPS) is 19.1. The van der Waals surface area contributed by atoms with Crippen LogP contribution >= 0.6 is 0 Å². The molecular formula is C16H28N4O. The van der Waals surface area contributed by atoms with Crippen LogP contribution in [0.2, 0.25) is 0 Å². The fourth-order valence-electron chi connectivity index (χ4n) is 2.65. The summed E-state index contributed by atoms with van der Waals surface area (Å²) >= 11 is 0. The van der Waals surface area contributed by atoms with Crippen LogP contribution in [-0.4, -0.2) is 40.8 Å². The topological polar surface area (TPSA) is 61.3 Å². The van der Waals surface area contributed by atoms with E-state index in [0.29, 0.717) is 12.5 Å². The highest BCUT2D eigenvalue weighted by Gasteiger charge is 2.23. The first-order valence-electron chi connectivity index (χ1n) is 8.08. The Morgan fingerprint density at radius 3 is 2.76 bits per heavy atom. The second-order valence-corrected chi connectivity index (χ2v) is 6.20. The standard InChI is InChI=1S/C16H28N4O/c1-5-8-17-15-12(4)16(19-14(18-15)11(2)3)20-9-6-7-13(21)10-20/h11,13,21H,5-10H2,1-4H3,(H,17,18,19). The third-order valence-electron chi connectivity index (χ3n) is 3.89. The molecule has 2 N–H and O–H groups in total. The van der Waals surface area contributed by atoms with E-state index in [1.807, 2.05) is 0 Å². The van der Waals surface area contributed by atoms with Crippen LogP contribution < -0.4 is 10.2 Å². The Morgan fingerprint density at radius 2 is 2.14 bits per heavy atom. The number of nitrogens with zero attached hydrogens (tertiary/aromatic N) is 3. The van der Waals surface area contributed by atoms with Crippen LogP contribution in [0.4, 0.5) is 11.6 Å². The molecule has 1 unspecified atom stereocenters. The first-order valence-corrected chi connectivity index (χ1v) is 8.08. The minimum atomic E-state index is -0.248. The zero-order chi connectivity index (χ0) is 15.4. The Bertz CT molecular complexity index is 476. The highest BCUT2D eigenvalue weighted by molar-refractivity contribution is 5.59. The van der Waals surface area contributed by atoms with Crippen LogP contribution in [0.1, 0.15) is 57.3 Å². The molecule has 5 nitrogen and oxygen atoms in total. The summed E-state index contributed by atoms with van der Waals surface area (Å²) in [6, 6.07) is 0. The van der Waals surface area contributed by atoms with Gasteiger partial charge in [0.1, 0.15) is 17.5 Å². The molecule has 0 bridgehead atoms. The summed E-state index contributed by atoms with van der Waals surface area (Å²) in [5.41, 5.74) is 1.09. The van der Waals surface area contributed by atoms with Crippen LogP contribution in [-0.2, 0) is 0 Å². The lowest BCUT2D eigenvalue weighted by molar-refractivity contribution is 0.154. The van der Waals surface area contributed by atoms with E-state index >= 15 is 0 Å². The lowest BCUT2D eigenvalue weighted by Crippen LogP contribution is -2.39. The first kappa shape index (κ1) is 16.0. The Labute approximate surface area is 127 Å². The van der Waals surface area contributed by atoms with Gasteiger partial charge >= 0.3 is 0 Å². The fourth-order valence-corrected chi connectivity index (χ4v) is 2.65. The van der Waals surface area contributed by atoms with E-state index in [9.17, 15) is 5.11 Å². The SMILES string of the molecule is CCCNc1nc(C(C)C)nc(N2CCCC(O)C2)c1C. The van der Waals surface area contributed by atoms with Crippen molar-refractivity contribution in [3.05, 3.63) is 11.4 Å². The number of β-amino-alcohol motifs (C(OH)–C–C–N with tert-alkyl or cyclic N) is 1. The van der Waals surface area contributed by atoms with Gasteiger partial charge in [-0.2, -0.15) is 0 Å². The van der Waals surface area contributed by atoms with Gasteiger partial charge in [-0.25, -0.2) is 9.97 Å². The number of piperidine rings is 1. The Hall–Kier alpha value is -1.36. The summed E-state index contributed by atoms with van der Waals surface area (Å²) < 4.78 is 0. The summed E-state index contributed by atoms with van der Waals surface area (Å²) in [4.78, 5) is 11.6. The molecule has 1 aromatic heterocycles. The maximum atomic E-state index is 9.92. The molecule has 0 saturated carbocycles. The molecule has 0 amide bonds. The first-order chi connectivity index (χ1) is 10.0. The molecule has 1 aliphatic rings. The number of aliphatic hydroxyl groups is 1. The zero-order valence-electron chi connectivity index (χ0n) is 13.7. The summed E-state index contributed by atoms with van der Waals surface area (Å²) in [6.07, 6.45) is 2.72. The number of aromatic nitrogens is 2. The minimum Gasteiger partial charge on any atom is -0.391 e. The van der Waals surface area contributed by atoms with Crippen LogP contribution in [0, 0.1) is 6.92 Å². The van der Waals surface area contributed by atoms with Gasteiger partial charge in [0, 0.05) is 31.1 Å². The smallest absolute Gasteiger partial charge is 0.137 e. The average molecular weight is 292 g/mol. The van der Waals surface area contributed by atoms with Gasteiger partial charge in [-0.15, -0.1) is 0 Å². The molecule has 0 spiro atoms. The van der Waals surface area contributed by atoms with Crippen molar-refractivity contribution < 1.29 is 5.11 Å². The van der Waals surface area contributed by atoms with Crippen molar-refractivity contribution in [1.29, 1.82) is 0 Å². The van der Waals surface area contributed by atoms with Gasteiger partial charge in [-0.3, -0.25) is 0 Å². The molecule has 0 aliphatic carbocycles. The highest BCUT2D eigenvalue weighted by Crippen LogP contribution is 2.28. The van der Waals surface area contributed by atoms with E-state index in [4.69, 9.17) is 4.98 Å². The summed E-state index contributed by atoms with van der Waals surface area (Å²) in [5, 5.41) is 13.3. The quantitative estimate of drug-likeness (QED) is 0.873. The predicted octanol–water partition coefficient (Wildman–Crippen LogP) is 2.69. The second kappa shape index (κ2) is 7.07. The number of aliphatic hydroxyl groups excluding tert-OH is 1. The van der Waals surface area contributed by atoms with E-state index in [0.717, 1.165) is 55.4 Å². The molecule has 2 heterocycles. The Kier molecular flexibility index (Phi) is 5.39. The second-order valence-electron chi connectivity index (χ2n) is 6.20. The zero-order valence-corrected chi connectivity index (χ0v) is 13.7. The van der Waals surface area contributed by atoms with E-state index < -0.39 is 0 Å². The van der Waals surface area contributed by atoms with Gasteiger partial charge in [-0.05, 0) is 26.2 Å². The van der Waals surface area contributed by atoms with Crippen LogP contribution in [0.15, 0.2) is 0 Å². The molecule has 5 heteroatoms.